The molecular formula is C39H42N14O3. The number of piperazine rings is 1. The van der Waals surface area contributed by atoms with Crippen LogP contribution in [-0.4, -0.2) is 108 Å². The number of nitrogens with zero attached hydrogens (tertiary/aromatic N) is 12. The van der Waals surface area contributed by atoms with Gasteiger partial charge in [-0.25, -0.2) is 24.1 Å². The maximum atomic E-state index is 12.2. The monoisotopic (exact) mass is 754 g/mol. The van der Waals surface area contributed by atoms with Crippen LogP contribution in [0.4, 0.5) is 21.9 Å². The molecule has 286 valence electrons. The van der Waals surface area contributed by atoms with E-state index in [0.29, 0.717) is 60.6 Å². The van der Waals surface area contributed by atoms with E-state index in [0.717, 1.165) is 68.0 Å². The van der Waals surface area contributed by atoms with E-state index < -0.39 is 11.6 Å². The lowest BCUT2D eigenvalue weighted by molar-refractivity contribution is -0.120. The van der Waals surface area contributed by atoms with Crippen LogP contribution in [0, 0.1) is 22.7 Å². The molecule has 4 aromatic heterocycles. The number of nitriles is 2. The Labute approximate surface area is 323 Å². The van der Waals surface area contributed by atoms with Crippen molar-refractivity contribution in [3.63, 3.8) is 0 Å². The van der Waals surface area contributed by atoms with Crippen LogP contribution in [-0.2, 0) is 4.79 Å². The number of hydrogen-bond acceptors (Lipinski definition) is 13. The minimum absolute atomic E-state index is 0.161. The van der Waals surface area contributed by atoms with Crippen LogP contribution in [0.15, 0.2) is 61.2 Å². The van der Waals surface area contributed by atoms with E-state index in [2.05, 4.69) is 51.9 Å². The molecule has 0 unspecified atom stereocenters. The molecule has 3 aliphatic rings. The van der Waals surface area contributed by atoms with Gasteiger partial charge in [-0.1, -0.05) is 5.21 Å². The number of urea groups is 1. The van der Waals surface area contributed by atoms with Crippen molar-refractivity contribution in [2.75, 3.05) is 54.4 Å². The molecule has 1 aromatic carbocycles. The van der Waals surface area contributed by atoms with Crippen LogP contribution in [0.3, 0.4) is 0 Å². The van der Waals surface area contributed by atoms with Crippen LogP contribution >= 0.6 is 0 Å². The summed E-state index contributed by atoms with van der Waals surface area (Å²) in [7, 11) is 0. The third-order valence-electron chi connectivity index (χ3n) is 11.2. The van der Waals surface area contributed by atoms with Crippen LogP contribution in [0.25, 0.3) is 22.4 Å². The first-order valence-corrected chi connectivity index (χ1v) is 18.9. The van der Waals surface area contributed by atoms with E-state index in [4.69, 9.17) is 0 Å². The molecule has 6 heterocycles. The molecule has 3 N–H and O–H groups in total. The van der Waals surface area contributed by atoms with Gasteiger partial charge in [0.1, 0.15) is 23.5 Å². The lowest BCUT2D eigenvalue weighted by Gasteiger charge is -2.40. The summed E-state index contributed by atoms with van der Waals surface area (Å²) < 4.78 is 3.31. The van der Waals surface area contributed by atoms with E-state index in [-0.39, 0.29) is 17.9 Å². The summed E-state index contributed by atoms with van der Waals surface area (Å²) in [5.41, 5.74) is 4.26. The second-order valence-electron chi connectivity index (χ2n) is 14.8. The van der Waals surface area contributed by atoms with Crippen molar-refractivity contribution in [1.29, 1.82) is 10.5 Å². The number of pyridine rings is 2. The van der Waals surface area contributed by atoms with Crippen molar-refractivity contribution in [3.05, 3.63) is 72.6 Å². The smallest absolute Gasteiger partial charge is 0.328 e. The van der Waals surface area contributed by atoms with Crippen molar-refractivity contribution >= 4 is 39.9 Å². The summed E-state index contributed by atoms with van der Waals surface area (Å²) in [5.74, 6) is 0.427. The van der Waals surface area contributed by atoms with Crippen LogP contribution < -0.4 is 20.4 Å². The molecule has 3 amide bonds. The predicted molar refractivity (Wildman–Crippen MR) is 206 cm³/mol. The number of aliphatic hydroxyl groups is 1. The molecule has 3 fully saturated rings. The molecule has 5 aromatic rings. The zero-order chi connectivity index (χ0) is 38.8. The second kappa shape index (κ2) is 15.4. The van der Waals surface area contributed by atoms with E-state index in [1.54, 1.807) is 51.9 Å². The van der Waals surface area contributed by atoms with E-state index >= 15 is 0 Å². The molecule has 0 bridgehead atoms. The number of carbonyl (C=O) groups is 2. The highest BCUT2D eigenvalue weighted by atomic mass is 16.3. The van der Waals surface area contributed by atoms with Crippen LogP contribution in [0.2, 0.25) is 0 Å². The predicted octanol–water partition coefficient (Wildman–Crippen LogP) is 3.64. The number of amides is 3. The lowest BCUT2D eigenvalue weighted by Crippen LogP contribution is -2.49. The van der Waals surface area contributed by atoms with Gasteiger partial charge in [0.25, 0.3) is 0 Å². The third-order valence-corrected chi connectivity index (χ3v) is 11.2. The topological polar surface area (TPSA) is 210 Å². The summed E-state index contributed by atoms with van der Waals surface area (Å²) in [4.78, 5) is 38.9. The summed E-state index contributed by atoms with van der Waals surface area (Å²) in [5, 5.41) is 50.2. The van der Waals surface area contributed by atoms with Gasteiger partial charge in [0, 0.05) is 74.4 Å². The largest absolute Gasteiger partial charge is 0.390 e. The molecule has 2 aliphatic heterocycles. The first-order valence-electron chi connectivity index (χ1n) is 18.9. The van der Waals surface area contributed by atoms with Gasteiger partial charge < -0.3 is 15.3 Å². The molecule has 8 rings (SSSR count). The maximum Gasteiger partial charge on any atom is 0.328 e. The number of hydrogen-bond donors (Lipinski definition) is 3. The molecule has 0 spiro atoms. The lowest BCUT2D eigenvalue weighted by atomic mass is 9.76. The van der Waals surface area contributed by atoms with Crippen LogP contribution in [0.5, 0.6) is 0 Å². The third kappa shape index (κ3) is 7.59. The molecule has 56 heavy (non-hydrogen) atoms. The first-order chi connectivity index (χ1) is 27.2. The fourth-order valence-corrected chi connectivity index (χ4v) is 7.82. The number of benzene rings is 1. The minimum Gasteiger partial charge on any atom is -0.390 e. The Kier molecular flexibility index (Phi) is 10.0. The number of aromatic nitrogens is 7. The Morgan fingerprint density at radius 2 is 1.77 bits per heavy atom. The van der Waals surface area contributed by atoms with E-state index in [1.807, 2.05) is 36.5 Å². The number of carbonyl (C=O) groups excluding carboxylic acids is 2. The summed E-state index contributed by atoms with van der Waals surface area (Å²) in [6.45, 7) is 6.54. The van der Waals surface area contributed by atoms with Crippen molar-refractivity contribution < 1.29 is 14.7 Å². The first kappa shape index (κ1) is 36.5. The quantitative estimate of drug-likeness (QED) is 0.186. The summed E-state index contributed by atoms with van der Waals surface area (Å²) in [6.07, 6.45) is 10.8. The van der Waals surface area contributed by atoms with Crippen LogP contribution in [0.1, 0.15) is 62.8 Å². The number of imide groups is 1. The number of nitrogens with one attached hydrogen (secondary N) is 2. The summed E-state index contributed by atoms with van der Waals surface area (Å²) >= 11 is 0. The fraction of sp³-hybridized carbons (Fsp3) is 0.410. The highest BCUT2D eigenvalue weighted by molar-refractivity contribution is 6.05. The van der Waals surface area contributed by atoms with Crippen molar-refractivity contribution in [1.82, 2.24) is 45.0 Å². The number of anilines is 3. The minimum atomic E-state index is -0.725. The van der Waals surface area contributed by atoms with Crippen molar-refractivity contribution in [3.8, 4) is 23.6 Å². The van der Waals surface area contributed by atoms with Gasteiger partial charge in [0.2, 0.25) is 5.91 Å². The van der Waals surface area contributed by atoms with Gasteiger partial charge in [0.05, 0.1) is 53.4 Å². The van der Waals surface area contributed by atoms with Gasteiger partial charge in [-0.2, -0.15) is 15.6 Å². The zero-order valence-electron chi connectivity index (χ0n) is 31.0. The average molecular weight is 755 g/mol. The van der Waals surface area contributed by atoms with E-state index in [9.17, 15) is 25.2 Å². The maximum absolute atomic E-state index is 12.2. The zero-order valence-corrected chi connectivity index (χ0v) is 31.0. The Bertz CT molecular complexity index is 2320. The molecule has 17 nitrogen and oxygen atoms in total. The van der Waals surface area contributed by atoms with Gasteiger partial charge >= 0.3 is 6.03 Å². The number of rotatable bonds is 10. The second-order valence-corrected chi connectivity index (χ2v) is 14.8. The van der Waals surface area contributed by atoms with Gasteiger partial charge in [-0.3, -0.25) is 19.9 Å². The molecule has 1 saturated carbocycles. The molecule has 1 aliphatic carbocycles. The Morgan fingerprint density at radius 1 is 1.00 bits per heavy atom. The van der Waals surface area contributed by atoms with Gasteiger partial charge in [-0.05, 0) is 69.4 Å². The average Bonchev–Trinajstić information content (AvgIpc) is 3.89. The fourth-order valence-electron chi connectivity index (χ4n) is 7.82. The summed E-state index contributed by atoms with van der Waals surface area (Å²) in [6, 6.07) is 14.8. The molecular weight excluding hydrogens is 713 g/mol. The molecule has 0 radical (unpaired) electrons. The molecule has 1 atom stereocenters. The van der Waals surface area contributed by atoms with E-state index in [1.165, 1.54) is 0 Å². The number of fused-ring (bicyclic) bond motifs is 1. The molecule has 17 heteroatoms. The molecule has 2 saturated heterocycles. The highest BCUT2D eigenvalue weighted by Gasteiger charge is 2.35. The highest BCUT2D eigenvalue weighted by Crippen LogP contribution is 2.39. The normalized spacial score (nSPS) is 21.0. The Hall–Kier alpha value is -6.43. The Morgan fingerprint density at radius 3 is 2.50 bits per heavy atom. The van der Waals surface area contributed by atoms with Crippen molar-refractivity contribution in [2.45, 2.75) is 63.0 Å². The van der Waals surface area contributed by atoms with Gasteiger partial charge in [-0.15, -0.1) is 5.10 Å². The van der Waals surface area contributed by atoms with Gasteiger partial charge in [0.15, 0.2) is 5.82 Å². The SMILES string of the molecule is C[C@H](C#N)Nc1cc(-n2ncc3cc(C#N)ncc32)ncc1-n1cc(C2CCC(O)(CCN3CCN(c4ccc(N5CCC(=O)NC5=O)cc4)CC3)CC2)nn1. The standard InChI is InChI=1S/C39H42N14O3/c1-26(20-40)45-32-19-36(53-34-23-42-29(21-41)18-28(34)22-44-53)43-24-35(32)52-25-33(47-48-52)27-6-9-39(56,10-7-27)11-13-49-14-16-50(17-15-49)30-2-4-31(5-3-30)51-12-8-37(54)46-38(51)55/h2-5,18-19,22-27,56H,6-17H2,1H3,(H,43,45)(H,46,54,55)/t26-,27?,39?/m1/s1. The van der Waals surface area contributed by atoms with Crippen molar-refractivity contribution in [2.24, 2.45) is 0 Å². The Balaban J connectivity index is 0.853.